The Kier molecular flexibility index (Phi) is 8.26. The van der Waals surface area contributed by atoms with Crippen LogP contribution in [0.2, 0.25) is 0 Å². The Morgan fingerprint density at radius 2 is 1.87 bits per heavy atom. The zero-order valence-electron chi connectivity index (χ0n) is 20.8. The molecule has 0 bridgehead atoms. The summed E-state index contributed by atoms with van der Waals surface area (Å²) in [5.74, 6) is 0.559. The monoisotopic (exact) mass is 591 g/mol. The summed E-state index contributed by atoms with van der Waals surface area (Å²) in [6.07, 6.45) is 1.84. The summed E-state index contributed by atoms with van der Waals surface area (Å²) >= 11 is 4.89. The van der Waals surface area contributed by atoms with E-state index in [1.807, 2.05) is 66.7 Å². The molecule has 0 aliphatic carbocycles. The van der Waals surface area contributed by atoms with E-state index >= 15 is 0 Å². The van der Waals surface area contributed by atoms with Crippen LogP contribution in [0.25, 0.3) is 6.08 Å². The highest BCUT2D eigenvalue weighted by Gasteiger charge is 2.30. The molecule has 0 unspecified atom stereocenters. The van der Waals surface area contributed by atoms with Crippen molar-refractivity contribution in [3.05, 3.63) is 98.9 Å². The van der Waals surface area contributed by atoms with E-state index in [2.05, 4.69) is 20.9 Å². The molecule has 2 heterocycles. The Hall–Kier alpha value is -3.40. The van der Waals surface area contributed by atoms with Crippen molar-refractivity contribution in [2.24, 2.45) is 4.99 Å². The van der Waals surface area contributed by atoms with E-state index in [1.54, 1.807) is 24.1 Å². The Labute approximate surface area is 234 Å². The second kappa shape index (κ2) is 12.0. The maximum atomic E-state index is 13.0. The normalized spacial score (nSPS) is 17.9. The molecule has 194 valence electrons. The molecule has 7 nitrogen and oxygen atoms in total. The molecule has 2 saturated heterocycles. The van der Waals surface area contributed by atoms with Gasteiger partial charge in [0.15, 0.2) is 5.17 Å². The number of carbonyl (C=O) groups is 2. The van der Waals surface area contributed by atoms with Crippen molar-refractivity contribution in [2.45, 2.75) is 6.61 Å². The van der Waals surface area contributed by atoms with Crippen LogP contribution in [0.3, 0.4) is 0 Å². The number of rotatable bonds is 6. The zero-order chi connectivity index (χ0) is 26.5. The van der Waals surface area contributed by atoms with Gasteiger partial charge in [-0.25, -0.2) is 4.99 Å². The molecule has 2 aliphatic heterocycles. The van der Waals surface area contributed by atoms with Crippen LogP contribution in [0, 0.1) is 0 Å². The van der Waals surface area contributed by atoms with Gasteiger partial charge in [0, 0.05) is 25.7 Å². The Bertz CT molecular complexity index is 1400. The fraction of sp³-hybridized carbons (Fsp3) is 0.207. The van der Waals surface area contributed by atoms with Gasteiger partial charge in [-0.05, 0) is 75.2 Å². The fourth-order valence-corrected chi connectivity index (χ4v) is 5.53. The molecule has 5 rings (SSSR count). The van der Waals surface area contributed by atoms with E-state index in [9.17, 15) is 9.59 Å². The smallest absolute Gasteiger partial charge is 0.266 e. The number of hydrogen-bond acceptors (Lipinski definition) is 6. The third kappa shape index (κ3) is 6.18. The summed E-state index contributed by atoms with van der Waals surface area (Å²) in [5.41, 5.74) is 3.15. The maximum absolute atomic E-state index is 13.0. The van der Waals surface area contributed by atoms with Gasteiger partial charge in [0.25, 0.3) is 11.8 Å². The third-order valence-electron chi connectivity index (χ3n) is 6.11. The van der Waals surface area contributed by atoms with Gasteiger partial charge >= 0.3 is 0 Å². The SMILES string of the molecule is CN1C(=O)/C(=C\c2ccc(OCc3ccccc3)c(Br)c2)SC1=Nc1cccc(C(=O)N2CCOCC2)c1. The van der Waals surface area contributed by atoms with E-state index in [0.29, 0.717) is 54.2 Å². The highest BCUT2D eigenvalue weighted by molar-refractivity contribution is 9.10. The molecule has 2 fully saturated rings. The zero-order valence-corrected chi connectivity index (χ0v) is 23.2. The van der Waals surface area contributed by atoms with Gasteiger partial charge in [0.05, 0.1) is 28.3 Å². The molecule has 9 heteroatoms. The number of likely N-dealkylation sites (N-methyl/N-ethyl adjacent to an activating group) is 1. The molecule has 2 amide bonds. The van der Waals surface area contributed by atoms with Crippen molar-refractivity contribution in [2.75, 3.05) is 33.4 Å². The summed E-state index contributed by atoms with van der Waals surface area (Å²) in [5, 5.41) is 0.555. The quantitative estimate of drug-likeness (QED) is 0.342. The number of amides is 2. The Morgan fingerprint density at radius 1 is 1.08 bits per heavy atom. The second-order valence-corrected chi connectivity index (χ2v) is 10.7. The molecule has 0 spiro atoms. The number of benzene rings is 3. The molecule has 3 aromatic carbocycles. The molecular formula is C29H26BrN3O4S. The summed E-state index contributed by atoms with van der Waals surface area (Å²) < 4.78 is 12.1. The number of halogens is 1. The van der Waals surface area contributed by atoms with Crippen LogP contribution in [-0.2, 0) is 16.1 Å². The van der Waals surface area contributed by atoms with Crippen LogP contribution in [0.15, 0.2) is 87.2 Å². The fourth-order valence-electron chi connectivity index (χ4n) is 4.03. The molecular weight excluding hydrogens is 566 g/mol. The topological polar surface area (TPSA) is 71.4 Å². The molecule has 0 saturated carbocycles. The van der Waals surface area contributed by atoms with Crippen LogP contribution in [0.5, 0.6) is 5.75 Å². The van der Waals surface area contributed by atoms with E-state index in [0.717, 1.165) is 21.3 Å². The predicted molar refractivity (Wildman–Crippen MR) is 154 cm³/mol. The van der Waals surface area contributed by atoms with Gasteiger partial charge in [-0.1, -0.05) is 42.5 Å². The maximum Gasteiger partial charge on any atom is 0.266 e. The summed E-state index contributed by atoms with van der Waals surface area (Å²) in [6.45, 7) is 2.72. The van der Waals surface area contributed by atoms with Crippen molar-refractivity contribution in [1.29, 1.82) is 0 Å². The molecule has 3 aromatic rings. The summed E-state index contributed by atoms with van der Waals surface area (Å²) in [7, 11) is 1.70. The van der Waals surface area contributed by atoms with Crippen LogP contribution in [0.4, 0.5) is 5.69 Å². The number of morpholine rings is 1. The lowest BCUT2D eigenvalue weighted by molar-refractivity contribution is -0.121. The average Bonchev–Trinajstić information content (AvgIpc) is 3.21. The number of hydrogen-bond donors (Lipinski definition) is 0. The second-order valence-electron chi connectivity index (χ2n) is 8.79. The predicted octanol–water partition coefficient (Wildman–Crippen LogP) is 5.73. The number of aliphatic imine (C=N–C) groups is 1. The molecule has 2 aliphatic rings. The lowest BCUT2D eigenvalue weighted by Crippen LogP contribution is -2.40. The number of nitrogens with zero attached hydrogens (tertiary/aromatic N) is 3. The van der Waals surface area contributed by atoms with Crippen molar-refractivity contribution in [3.8, 4) is 5.75 Å². The Balaban J connectivity index is 1.29. The van der Waals surface area contributed by atoms with Gasteiger partial charge in [-0.2, -0.15) is 0 Å². The first-order chi connectivity index (χ1) is 18.5. The van der Waals surface area contributed by atoms with E-state index in [1.165, 1.54) is 16.7 Å². The lowest BCUT2D eigenvalue weighted by atomic mass is 10.1. The van der Waals surface area contributed by atoms with E-state index in [-0.39, 0.29) is 11.8 Å². The number of thioether (sulfide) groups is 1. The highest BCUT2D eigenvalue weighted by Crippen LogP contribution is 2.35. The van der Waals surface area contributed by atoms with Crippen molar-refractivity contribution in [1.82, 2.24) is 9.80 Å². The number of ether oxygens (including phenoxy) is 2. The standard InChI is InChI=1S/C29H26BrN3O4S/c1-32-28(35)26(17-21-10-11-25(24(30)16-21)37-19-20-6-3-2-4-7-20)38-29(32)31-23-9-5-8-22(18-23)27(34)33-12-14-36-15-13-33/h2-11,16-18H,12-15,19H2,1H3/b26-17+,31-29?. The van der Waals surface area contributed by atoms with E-state index in [4.69, 9.17) is 9.47 Å². The summed E-state index contributed by atoms with van der Waals surface area (Å²) in [4.78, 5) is 34.4. The van der Waals surface area contributed by atoms with Gasteiger partial charge in [0.1, 0.15) is 12.4 Å². The molecule has 0 aromatic heterocycles. The molecule has 0 atom stereocenters. The number of amidine groups is 1. The largest absolute Gasteiger partial charge is 0.488 e. The highest BCUT2D eigenvalue weighted by atomic mass is 79.9. The van der Waals surface area contributed by atoms with Gasteiger partial charge in [-0.15, -0.1) is 0 Å². The minimum absolute atomic E-state index is 0.0405. The average molecular weight is 593 g/mol. The van der Waals surface area contributed by atoms with Crippen LogP contribution in [0.1, 0.15) is 21.5 Å². The minimum Gasteiger partial charge on any atom is -0.488 e. The van der Waals surface area contributed by atoms with Gasteiger partial charge < -0.3 is 14.4 Å². The molecule has 0 N–H and O–H groups in total. The minimum atomic E-state index is -0.130. The van der Waals surface area contributed by atoms with Crippen LogP contribution in [-0.4, -0.2) is 60.1 Å². The summed E-state index contributed by atoms with van der Waals surface area (Å²) in [6, 6.07) is 22.9. The molecule has 38 heavy (non-hydrogen) atoms. The molecule has 0 radical (unpaired) electrons. The van der Waals surface area contributed by atoms with Crippen molar-refractivity contribution < 1.29 is 19.1 Å². The lowest BCUT2D eigenvalue weighted by Gasteiger charge is -2.26. The van der Waals surface area contributed by atoms with Gasteiger partial charge in [-0.3, -0.25) is 14.5 Å². The van der Waals surface area contributed by atoms with Crippen molar-refractivity contribution >= 4 is 56.4 Å². The van der Waals surface area contributed by atoms with Crippen LogP contribution < -0.4 is 4.74 Å². The number of carbonyl (C=O) groups excluding carboxylic acids is 2. The first-order valence-electron chi connectivity index (χ1n) is 12.2. The van der Waals surface area contributed by atoms with Crippen molar-refractivity contribution in [3.63, 3.8) is 0 Å². The third-order valence-corrected chi connectivity index (χ3v) is 7.79. The van der Waals surface area contributed by atoms with Gasteiger partial charge in [0.2, 0.25) is 0 Å². The Morgan fingerprint density at radius 3 is 2.63 bits per heavy atom. The van der Waals surface area contributed by atoms with Crippen LogP contribution >= 0.6 is 27.7 Å². The first kappa shape index (κ1) is 26.2. The first-order valence-corrected chi connectivity index (χ1v) is 13.8. The van der Waals surface area contributed by atoms with E-state index < -0.39 is 0 Å².